The Balaban J connectivity index is 1.33. The van der Waals surface area contributed by atoms with E-state index in [0.29, 0.717) is 24.0 Å². The summed E-state index contributed by atoms with van der Waals surface area (Å²) >= 11 is 0. The van der Waals surface area contributed by atoms with E-state index in [1.54, 1.807) is 0 Å². The first-order chi connectivity index (χ1) is 11.9. The standard InChI is InChI=1S/C18H30N4O2/c1-2-12-23-13-15-14(16-10-11-17(15)24-16)8-6-4-3-5-7-9-18-19-21-22-20-18/h4,6,14-17H,2-3,5,7-13H2,1H3,(H,19,20,21,22)/b6-4-/t14-,15+,16-,17+/m1/s1. The molecular weight excluding hydrogens is 304 g/mol. The summed E-state index contributed by atoms with van der Waals surface area (Å²) in [6, 6.07) is 0. The number of aryl methyl sites for hydroxylation is 1. The first-order valence-electron chi connectivity index (χ1n) is 9.49. The minimum Gasteiger partial charge on any atom is -0.381 e. The van der Waals surface area contributed by atoms with Crippen LogP contribution >= 0.6 is 0 Å². The SMILES string of the molecule is CCCOC[C@H]1[C@@H](C/C=C\CCCCc2nnn[nH]2)[C@H]2CC[C@@H]1O2. The zero-order chi connectivity index (χ0) is 16.6. The molecule has 3 rings (SSSR count). The molecule has 2 bridgehead atoms. The molecule has 1 N–H and O–H groups in total. The van der Waals surface area contributed by atoms with E-state index in [1.165, 1.54) is 19.3 Å². The van der Waals surface area contributed by atoms with Gasteiger partial charge in [-0.05, 0) is 61.3 Å². The van der Waals surface area contributed by atoms with Gasteiger partial charge in [-0.3, -0.25) is 0 Å². The Morgan fingerprint density at radius 1 is 1.21 bits per heavy atom. The molecule has 2 aliphatic rings. The lowest BCUT2D eigenvalue weighted by Gasteiger charge is -2.27. The normalized spacial score (nSPS) is 29.0. The molecule has 0 unspecified atom stereocenters. The number of hydrogen-bond donors (Lipinski definition) is 1. The van der Waals surface area contributed by atoms with Crippen molar-refractivity contribution in [1.29, 1.82) is 0 Å². The van der Waals surface area contributed by atoms with E-state index < -0.39 is 0 Å². The summed E-state index contributed by atoms with van der Waals surface area (Å²) in [7, 11) is 0. The van der Waals surface area contributed by atoms with Gasteiger partial charge in [0.1, 0.15) is 5.82 Å². The van der Waals surface area contributed by atoms with E-state index in [0.717, 1.165) is 51.1 Å². The van der Waals surface area contributed by atoms with Gasteiger partial charge in [-0.1, -0.05) is 19.1 Å². The zero-order valence-electron chi connectivity index (χ0n) is 14.7. The average molecular weight is 334 g/mol. The van der Waals surface area contributed by atoms with Crippen LogP contribution in [-0.2, 0) is 15.9 Å². The summed E-state index contributed by atoms with van der Waals surface area (Å²) < 4.78 is 12.0. The number of ether oxygens (including phenoxy) is 2. The van der Waals surface area contributed by atoms with E-state index in [-0.39, 0.29) is 0 Å². The van der Waals surface area contributed by atoms with E-state index in [1.807, 2.05) is 0 Å². The van der Waals surface area contributed by atoms with Gasteiger partial charge in [-0.2, -0.15) is 0 Å². The molecule has 6 nitrogen and oxygen atoms in total. The molecule has 0 radical (unpaired) electrons. The van der Waals surface area contributed by atoms with Crippen molar-refractivity contribution in [3.8, 4) is 0 Å². The highest BCUT2D eigenvalue weighted by molar-refractivity contribution is 4.99. The Morgan fingerprint density at radius 3 is 2.88 bits per heavy atom. The van der Waals surface area contributed by atoms with Crippen LogP contribution in [0.5, 0.6) is 0 Å². The smallest absolute Gasteiger partial charge is 0.148 e. The maximum absolute atomic E-state index is 6.13. The molecule has 6 heteroatoms. The fraction of sp³-hybridized carbons (Fsp3) is 0.833. The molecule has 0 spiro atoms. The highest BCUT2D eigenvalue weighted by Crippen LogP contribution is 2.45. The van der Waals surface area contributed by atoms with E-state index >= 15 is 0 Å². The van der Waals surface area contributed by atoms with Gasteiger partial charge in [0, 0.05) is 18.9 Å². The number of nitrogens with one attached hydrogen (secondary N) is 1. The number of H-pyrrole nitrogens is 1. The zero-order valence-corrected chi connectivity index (χ0v) is 14.7. The van der Waals surface area contributed by atoms with Crippen molar-refractivity contribution in [3.05, 3.63) is 18.0 Å². The number of rotatable bonds is 11. The lowest BCUT2D eigenvalue weighted by atomic mass is 9.78. The van der Waals surface area contributed by atoms with Crippen LogP contribution < -0.4 is 0 Å². The van der Waals surface area contributed by atoms with Gasteiger partial charge in [0.05, 0.1) is 18.8 Å². The lowest BCUT2D eigenvalue weighted by molar-refractivity contribution is 0.0495. The van der Waals surface area contributed by atoms with Crippen LogP contribution in [-0.4, -0.2) is 46.0 Å². The number of aromatic nitrogens is 4. The van der Waals surface area contributed by atoms with Crippen molar-refractivity contribution in [1.82, 2.24) is 20.6 Å². The van der Waals surface area contributed by atoms with Crippen LogP contribution in [0.4, 0.5) is 0 Å². The van der Waals surface area contributed by atoms with Crippen molar-refractivity contribution in [3.63, 3.8) is 0 Å². The largest absolute Gasteiger partial charge is 0.381 e. The third-order valence-electron chi connectivity index (χ3n) is 5.25. The van der Waals surface area contributed by atoms with Gasteiger partial charge in [0.25, 0.3) is 0 Å². The average Bonchev–Trinajstić information content (AvgIpc) is 3.32. The van der Waals surface area contributed by atoms with Crippen LogP contribution in [0.1, 0.15) is 57.7 Å². The van der Waals surface area contributed by atoms with Crippen molar-refractivity contribution >= 4 is 0 Å². The summed E-state index contributed by atoms with van der Waals surface area (Å²) in [4.78, 5) is 0. The molecule has 0 aliphatic carbocycles. The molecule has 134 valence electrons. The number of hydrogen-bond acceptors (Lipinski definition) is 5. The number of nitrogens with zero attached hydrogens (tertiary/aromatic N) is 3. The number of allylic oxidation sites excluding steroid dienone is 2. The van der Waals surface area contributed by atoms with Gasteiger partial charge in [-0.15, -0.1) is 5.10 Å². The molecular formula is C18H30N4O2. The molecule has 2 saturated heterocycles. The molecule has 4 atom stereocenters. The van der Waals surface area contributed by atoms with Crippen molar-refractivity contribution in [2.75, 3.05) is 13.2 Å². The predicted octanol–water partition coefficient (Wildman–Crippen LogP) is 3.08. The predicted molar refractivity (Wildman–Crippen MR) is 91.5 cm³/mol. The molecule has 0 saturated carbocycles. The molecule has 3 heterocycles. The Bertz CT molecular complexity index is 491. The quantitative estimate of drug-likeness (QED) is 0.497. The van der Waals surface area contributed by atoms with Crippen molar-refractivity contribution < 1.29 is 9.47 Å². The molecule has 1 aromatic rings. The Labute approximate surface area is 144 Å². The van der Waals surface area contributed by atoms with Gasteiger partial charge < -0.3 is 9.47 Å². The molecule has 2 fully saturated rings. The Hall–Kier alpha value is -1.27. The highest BCUT2D eigenvalue weighted by atomic mass is 16.5. The molecule has 24 heavy (non-hydrogen) atoms. The second-order valence-corrected chi connectivity index (χ2v) is 6.99. The summed E-state index contributed by atoms with van der Waals surface area (Å²) in [6.07, 6.45) is 14.6. The lowest BCUT2D eigenvalue weighted by Crippen LogP contribution is -2.30. The van der Waals surface area contributed by atoms with Gasteiger partial charge in [-0.25, -0.2) is 5.10 Å². The summed E-state index contributed by atoms with van der Waals surface area (Å²) in [5.74, 6) is 2.13. The maximum atomic E-state index is 6.13. The number of unbranched alkanes of at least 4 members (excludes halogenated alkanes) is 2. The van der Waals surface area contributed by atoms with Crippen LogP contribution in [0.25, 0.3) is 0 Å². The minimum absolute atomic E-state index is 0.445. The highest BCUT2D eigenvalue weighted by Gasteiger charge is 2.47. The second kappa shape index (κ2) is 9.28. The van der Waals surface area contributed by atoms with E-state index in [4.69, 9.17) is 9.47 Å². The molecule has 0 aromatic carbocycles. The first kappa shape index (κ1) is 17.5. The number of fused-ring (bicyclic) bond motifs is 2. The van der Waals surface area contributed by atoms with E-state index in [9.17, 15) is 0 Å². The second-order valence-electron chi connectivity index (χ2n) is 6.99. The molecule has 0 amide bonds. The van der Waals surface area contributed by atoms with Crippen molar-refractivity contribution in [2.24, 2.45) is 11.8 Å². The van der Waals surface area contributed by atoms with E-state index in [2.05, 4.69) is 39.7 Å². The van der Waals surface area contributed by atoms with Crippen LogP contribution in [0, 0.1) is 11.8 Å². The maximum Gasteiger partial charge on any atom is 0.148 e. The third-order valence-corrected chi connectivity index (χ3v) is 5.25. The topological polar surface area (TPSA) is 72.9 Å². The molecule has 2 aliphatic heterocycles. The van der Waals surface area contributed by atoms with Crippen molar-refractivity contribution in [2.45, 2.75) is 70.5 Å². The van der Waals surface area contributed by atoms with Crippen LogP contribution in [0.3, 0.4) is 0 Å². The van der Waals surface area contributed by atoms with Gasteiger partial charge in [0.2, 0.25) is 0 Å². The van der Waals surface area contributed by atoms with Gasteiger partial charge >= 0.3 is 0 Å². The summed E-state index contributed by atoms with van der Waals surface area (Å²) in [5.41, 5.74) is 0. The number of tetrazole rings is 1. The Morgan fingerprint density at radius 2 is 2.08 bits per heavy atom. The monoisotopic (exact) mass is 334 g/mol. The fourth-order valence-electron chi connectivity index (χ4n) is 4.00. The third kappa shape index (κ3) is 4.63. The van der Waals surface area contributed by atoms with Crippen LogP contribution in [0.2, 0.25) is 0 Å². The van der Waals surface area contributed by atoms with Gasteiger partial charge in [0.15, 0.2) is 0 Å². The summed E-state index contributed by atoms with van der Waals surface area (Å²) in [5, 5.41) is 13.9. The summed E-state index contributed by atoms with van der Waals surface area (Å²) in [6.45, 7) is 3.91. The molecule has 1 aromatic heterocycles. The Kier molecular flexibility index (Phi) is 6.78. The minimum atomic E-state index is 0.445. The number of aromatic amines is 1. The first-order valence-corrected chi connectivity index (χ1v) is 9.49. The van der Waals surface area contributed by atoms with Crippen LogP contribution in [0.15, 0.2) is 12.2 Å². The fourth-order valence-corrected chi connectivity index (χ4v) is 4.00.